The minimum Gasteiger partial charge on any atom is -0.491 e. The minimum atomic E-state index is 0.237. The first-order valence-corrected chi connectivity index (χ1v) is 6.38. The SMILES string of the molecule is CNC1CCN(c2ccc(OC(C)C)cc2)C1. The van der Waals surface area contributed by atoms with Gasteiger partial charge in [-0.05, 0) is 51.6 Å². The Morgan fingerprint density at radius 3 is 2.53 bits per heavy atom. The van der Waals surface area contributed by atoms with Crippen molar-refractivity contribution in [2.75, 3.05) is 25.0 Å². The molecule has 1 unspecified atom stereocenters. The van der Waals surface area contributed by atoms with Crippen molar-refractivity contribution in [3.8, 4) is 5.75 Å². The highest BCUT2D eigenvalue weighted by molar-refractivity contribution is 5.50. The first-order chi connectivity index (χ1) is 8.19. The molecule has 1 N–H and O–H groups in total. The topological polar surface area (TPSA) is 24.5 Å². The molecule has 0 spiro atoms. The molecular weight excluding hydrogens is 212 g/mol. The van der Waals surface area contributed by atoms with E-state index >= 15 is 0 Å². The Bertz CT molecular complexity index is 348. The van der Waals surface area contributed by atoms with E-state index in [4.69, 9.17) is 4.74 Å². The van der Waals surface area contributed by atoms with Gasteiger partial charge in [0.2, 0.25) is 0 Å². The van der Waals surface area contributed by atoms with Crippen molar-refractivity contribution in [2.24, 2.45) is 0 Å². The number of rotatable bonds is 4. The molecule has 1 aromatic rings. The molecule has 17 heavy (non-hydrogen) atoms. The summed E-state index contributed by atoms with van der Waals surface area (Å²) in [6.07, 6.45) is 1.46. The summed E-state index contributed by atoms with van der Waals surface area (Å²) < 4.78 is 5.64. The van der Waals surface area contributed by atoms with Gasteiger partial charge in [0.05, 0.1) is 6.10 Å². The van der Waals surface area contributed by atoms with Gasteiger partial charge in [0.1, 0.15) is 5.75 Å². The minimum absolute atomic E-state index is 0.237. The Morgan fingerprint density at radius 1 is 1.29 bits per heavy atom. The van der Waals surface area contributed by atoms with Crippen LogP contribution in [0.1, 0.15) is 20.3 Å². The van der Waals surface area contributed by atoms with Crippen LogP contribution in [0.15, 0.2) is 24.3 Å². The molecule has 1 saturated heterocycles. The van der Waals surface area contributed by atoms with Crippen LogP contribution >= 0.6 is 0 Å². The fourth-order valence-electron chi connectivity index (χ4n) is 2.24. The molecule has 3 nitrogen and oxygen atoms in total. The molecule has 0 saturated carbocycles. The van der Waals surface area contributed by atoms with E-state index in [1.807, 2.05) is 20.9 Å². The van der Waals surface area contributed by atoms with Crippen molar-refractivity contribution in [1.29, 1.82) is 0 Å². The Hall–Kier alpha value is -1.22. The molecule has 0 radical (unpaired) electrons. The van der Waals surface area contributed by atoms with Crippen LogP contribution in [0.25, 0.3) is 0 Å². The number of likely N-dealkylation sites (N-methyl/N-ethyl adjacent to an activating group) is 1. The summed E-state index contributed by atoms with van der Waals surface area (Å²) in [4.78, 5) is 2.42. The van der Waals surface area contributed by atoms with E-state index in [1.54, 1.807) is 0 Å². The van der Waals surface area contributed by atoms with Gasteiger partial charge in [0, 0.05) is 24.8 Å². The van der Waals surface area contributed by atoms with Crippen molar-refractivity contribution < 1.29 is 4.74 Å². The van der Waals surface area contributed by atoms with Crippen LogP contribution in [-0.2, 0) is 0 Å². The average Bonchev–Trinajstić information content (AvgIpc) is 2.78. The van der Waals surface area contributed by atoms with E-state index in [0.717, 1.165) is 18.8 Å². The normalized spacial score (nSPS) is 20.0. The molecule has 1 fully saturated rings. The molecule has 1 aromatic carbocycles. The van der Waals surface area contributed by atoms with Crippen LogP contribution in [0.5, 0.6) is 5.75 Å². The van der Waals surface area contributed by atoms with E-state index < -0.39 is 0 Å². The van der Waals surface area contributed by atoms with Gasteiger partial charge in [-0.25, -0.2) is 0 Å². The van der Waals surface area contributed by atoms with Gasteiger partial charge in [-0.15, -0.1) is 0 Å². The number of benzene rings is 1. The predicted molar refractivity (Wildman–Crippen MR) is 71.9 cm³/mol. The highest BCUT2D eigenvalue weighted by atomic mass is 16.5. The Morgan fingerprint density at radius 2 is 2.00 bits per heavy atom. The fourth-order valence-corrected chi connectivity index (χ4v) is 2.24. The Kier molecular flexibility index (Phi) is 3.89. The summed E-state index contributed by atoms with van der Waals surface area (Å²) in [5.74, 6) is 0.952. The second-order valence-corrected chi connectivity index (χ2v) is 4.88. The van der Waals surface area contributed by atoms with Gasteiger partial charge in [-0.2, -0.15) is 0 Å². The third-order valence-corrected chi connectivity index (χ3v) is 3.17. The molecule has 0 aromatic heterocycles. The van der Waals surface area contributed by atoms with Gasteiger partial charge in [-0.1, -0.05) is 0 Å². The number of ether oxygens (including phenoxy) is 1. The molecule has 2 rings (SSSR count). The van der Waals surface area contributed by atoms with Crippen molar-refractivity contribution in [3.05, 3.63) is 24.3 Å². The lowest BCUT2D eigenvalue weighted by Gasteiger charge is -2.19. The third-order valence-electron chi connectivity index (χ3n) is 3.17. The van der Waals surface area contributed by atoms with Crippen LogP contribution in [-0.4, -0.2) is 32.3 Å². The quantitative estimate of drug-likeness (QED) is 0.865. The Balaban J connectivity index is 1.98. The van der Waals surface area contributed by atoms with Gasteiger partial charge in [0.25, 0.3) is 0 Å². The highest BCUT2D eigenvalue weighted by Gasteiger charge is 2.20. The van der Waals surface area contributed by atoms with Crippen LogP contribution in [0.4, 0.5) is 5.69 Å². The monoisotopic (exact) mass is 234 g/mol. The van der Waals surface area contributed by atoms with Gasteiger partial charge >= 0.3 is 0 Å². The zero-order valence-electron chi connectivity index (χ0n) is 10.9. The van der Waals surface area contributed by atoms with E-state index in [0.29, 0.717) is 6.04 Å². The van der Waals surface area contributed by atoms with E-state index in [1.165, 1.54) is 12.1 Å². The van der Waals surface area contributed by atoms with E-state index in [-0.39, 0.29) is 6.10 Å². The largest absolute Gasteiger partial charge is 0.491 e. The highest BCUT2D eigenvalue weighted by Crippen LogP contribution is 2.23. The smallest absolute Gasteiger partial charge is 0.119 e. The lowest BCUT2D eigenvalue weighted by Crippen LogP contribution is -2.29. The summed E-state index contributed by atoms with van der Waals surface area (Å²) in [5, 5.41) is 3.33. The summed E-state index contributed by atoms with van der Waals surface area (Å²) in [7, 11) is 2.04. The molecule has 1 aliphatic rings. The summed E-state index contributed by atoms with van der Waals surface area (Å²) >= 11 is 0. The zero-order valence-corrected chi connectivity index (χ0v) is 10.9. The average molecular weight is 234 g/mol. The third kappa shape index (κ3) is 3.13. The van der Waals surface area contributed by atoms with Crippen molar-refractivity contribution >= 4 is 5.69 Å². The van der Waals surface area contributed by atoms with Gasteiger partial charge in [-0.3, -0.25) is 0 Å². The maximum Gasteiger partial charge on any atom is 0.119 e. The fraction of sp³-hybridized carbons (Fsp3) is 0.571. The molecule has 0 aliphatic carbocycles. The molecule has 1 atom stereocenters. The van der Waals surface area contributed by atoms with Crippen LogP contribution in [0.3, 0.4) is 0 Å². The Labute approximate surface area is 104 Å². The number of anilines is 1. The molecular formula is C14H22N2O. The number of hydrogen-bond donors (Lipinski definition) is 1. The van der Waals surface area contributed by atoms with E-state index in [9.17, 15) is 0 Å². The molecule has 0 bridgehead atoms. The predicted octanol–water partition coefficient (Wildman–Crippen LogP) is 2.27. The zero-order chi connectivity index (χ0) is 12.3. The second kappa shape index (κ2) is 5.41. The summed E-state index contributed by atoms with van der Waals surface area (Å²) in [6, 6.07) is 9.04. The maximum absolute atomic E-state index is 5.64. The van der Waals surface area contributed by atoms with Crippen LogP contribution in [0.2, 0.25) is 0 Å². The molecule has 1 heterocycles. The summed E-state index contributed by atoms with van der Waals surface area (Å²) in [6.45, 7) is 6.33. The van der Waals surface area contributed by atoms with Crippen LogP contribution < -0.4 is 15.0 Å². The second-order valence-electron chi connectivity index (χ2n) is 4.88. The number of nitrogens with one attached hydrogen (secondary N) is 1. The lowest BCUT2D eigenvalue weighted by atomic mass is 10.2. The molecule has 0 amide bonds. The first kappa shape index (κ1) is 12.2. The molecule has 3 heteroatoms. The standard InChI is InChI=1S/C14H22N2O/c1-11(2)17-14-6-4-13(5-7-14)16-9-8-12(10-16)15-3/h4-7,11-12,15H,8-10H2,1-3H3. The van der Waals surface area contributed by atoms with E-state index in [2.05, 4.69) is 34.5 Å². The number of hydrogen-bond acceptors (Lipinski definition) is 3. The van der Waals surface area contributed by atoms with Crippen molar-refractivity contribution in [2.45, 2.75) is 32.4 Å². The molecule has 94 valence electrons. The summed E-state index contributed by atoms with van der Waals surface area (Å²) in [5.41, 5.74) is 1.29. The van der Waals surface area contributed by atoms with Crippen molar-refractivity contribution in [1.82, 2.24) is 5.32 Å². The maximum atomic E-state index is 5.64. The lowest BCUT2D eigenvalue weighted by molar-refractivity contribution is 0.242. The van der Waals surface area contributed by atoms with Crippen molar-refractivity contribution in [3.63, 3.8) is 0 Å². The molecule has 1 aliphatic heterocycles. The van der Waals surface area contributed by atoms with Gasteiger partial charge < -0.3 is 15.0 Å². The number of nitrogens with zero attached hydrogens (tertiary/aromatic N) is 1. The first-order valence-electron chi connectivity index (χ1n) is 6.38. The van der Waals surface area contributed by atoms with Gasteiger partial charge in [0.15, 0.2) is 0 Å². The van der Waals surface area contributed by atoms with Crippen LogP contribution in [0, 0.1) is 0 Å².